The molecule has 1 aromatic rings. The summed E-state index contributed by atoms with van der Waals surface area (Å²) in [4.78, 5) is 21.6. The topological polar surface area (TPSA) is 183 Å². The van der Waals surface area contributed by atoms with Crippen molar-refractivity contribution >= 4 is 5.97 Å². The van der Waals surface area contributed by atoms with Crippen molar-refractivity contribution < 1.29 is 49.4 Å². The lowest BCUT2D eigenvalue weighted by atomic mass is 9.42. The molecule has 212 valence electrons. The van der Waals surface area contributed by atoms with Gasteiger partial charge < -0.3 is 49.6 Å². The maximum Gasteiger partial charge on any atom is 0.355 e. The van der Waals surface area contributed by atoms with E-state index in [1.165, 1.54) is 20.1 Å². The average molecular weight is 539 g/mol. The number of hydrogen-bond acceptors (Lipinski definition) is 11. The van der Waals surface area contributed by atoms with Gasteiger partial charge in [0.05, 0.1) is 18.6 Å². The summed E-state index contributed by atoms with van der Waals surface area (Å²) in [5.41, 5.74) is -9.55. The highest BCUT2D eigenvalue weighted by atomic mass is 16.8. The standard InChI is InChI=1S/C26H38N2O10/c1-13(2)23(33)18(36-17(30)15-8-7-11-27-15)25(28-35-6)19(4)12-22(32)20(23,5)26(34,38-25)24(37-22)16(29)14(3)9-10-21(19,24)31/h7-8,11,13-14,16,18,27-29,31-34H,9-10,12H2,1-6H3/t14-,16+,18+,19-,20-,21-,22-,23+,24+,25-,26+/m0/s1. The fourth-order valence-electron chi connectivity index (χ4n) is 9.13. The second-order valence-corrected chi connectivity index (χ2v) is 12.7. The minimum Gasteiger partial charge on any atom is -0.450 e. The minimum atomic E-state index is -2.67. The summed E-state index contributed by atoms with van der Waals surface area (Å²) >= 11 is 0. The SMILES string of the molecule is CON[C@@]12O[C@@]3(O)[C@]45O[C@@](O)(C[C@@]1(C)[C@@]4(O)CC[C@H](C)[C@H]5O)[C@@]3(C)[C@@](O)(C(C)C)[C@H]2OC(=O)c1ccc[nH]1. The molecule has 11 atom stereocenters. The van der Waals surface area contributed by atoms with E-state index in [-0.39, 0.29) is 18.5 Å². The second-order valence-electron chi connectivity index (χ2n) is 12.7. The molecule has 5 aliphatic rings. The number of aromatic amines is 1. The molecule has 5 fully saturated rings. The van der Waals surface area contributed by atoms with Crippen LogP contribution in [0.5, 0.6) is 0 Å². The van der Waals surface area contributed by atoms with Gasteiger partial charge in [-0.05, 0) is 43.7 Å². The number of aliphatic hydroxyl groups is 5. The van der Waals surface area contributed by atoms with E-state index in [9.17, 15) is 30.3 Å². The molecule has 1 saturated carbocycles. The van der Waals surface area contributed by atoms with E-state index in [0.29, 0.717) is 6.42 Å². The summed E-state index contributed by atoms with van der Waals surface area (Å²) in [5.74, 6) is -7.06. The number of carbonyl (C=O) groups excluding carboxylic acids is 1. The predicted octanol–water partition coefficient (Wildman–Crippen LogP) is -0.0973. The predicted molar refractivity (Wildman–Crippen MR) is 128 cm³/mol. The van der Waals surface area contributed by atoms with Crippen LogP contribution in [0.4, 0.5) is 0 Å². The van der Waals surface area contributed by atoms with E-state index in [1.54, 1.807) is 40.0 Å². The first-order valence-electron chi connectivity index (χ1n) is 13.2. The van der Waals surface area contributed by atoms with E-state index in [4.69, 9.17) is 19.0 Å². The van der Waals surface area contributed by atoms with Crippen molar-refractivity contribution in [3.05, 3.63) is 24.0 Å². The Balaban J connectivity index is 1.71. The zero-order valence-corrected chi connectivity index (χ0v) is 22.4. The summed E-state index contributed by atoms with van der Waals surface area (Å²) in [6, 6.07) is 3.11. The van der Waals surface area contributed by atoms with Crippen molar-refractivity contribution in [2.24, 2.45) is 22.7 Å². The minimum absolute atomic E-state index is 0.0596. The molecule has 5 bridgehead atoms. The van der Waals surface area contributed by atoms with Crippen molar-refractivity contribution in [2.45, 2.75) is 100 Å². The largest absolute Gasteiger partial charge is 0.450 e. The zero-order valence-electron chi connectivity index (χ0n) is 22.4. The Morgan fingerprint density at radius 2 is 1.89 bits per heavy atom. The molecule has 1 spiro atoms. The van der Waals surface area contributed by atoms with Crippen LogP contribution in [0, 0.1) is 22.7 Å². The molecule has 0 aromatic carbocycles. The second kappa shape index (κ2) is 7.17. The van der Waals surface area contributed by atoms with E-state index in [2.05, 4.69) is 10.5 Å². The summed E-state index contributed by atoms with van der Waals surface area (Å²) in [7, 11) is 1.29. The molecule has 0 radical (unpaired) electrons. The molecular formula is C26H38N2O10. The van der Waals surface area contributed by atoms with Crippen LogP contribution in [0.25, 0.3) is 0 Å². The monoisotopic (exact) mass is 538 g/mol. The smallest absolute Gasteiger partial charge is 0.355 e. The van der Waals surface area contributed by atoms with Crippen LogP contribution in [0.2, 0.25) is 0 Å². The highest BCUT2D eigenvalue weighted by Crippen LogP contribution is 2.84. The van der Waals surface area contributed by atoms with Crippen molar-refractivity contribution in [1.82, 2.24) is 10.5 Å². The van der Waals surface area contributed by atoms with Crippen LogP contribution >= 0.6 is 0 Å². The Labute approximate surface area is 220 Å². The van der Waals surface area contributed by atoms with Gasteiger partial charge >= 0.3 is 5.97 Å². The summed E-state index contributed by atoms with van der Waals surface area (Å²) in [5, 5.41) is 62.3. The molecule has 38 heavy (non-hydrogen) atoms. The molecule has 0 unspecified atom stereocenters. The number of esters is 1. The normalized spacial score (nSPS) is 56.4. The van der Waals surface area contributed by atoms with Gasteiger partial charge in [-0.3, -0.25) is 0 Å². The maximum atomic E-state index is 13.4. The van der Waals surface area contributed by atoms with Gasteiger partial charge in [-0.15, -0.1) is 0 Å². The number of hydrogen-bond donors (Lipinski definition) is 7. The molecule has 4 aliphatic heterocycles. The first-order chi connectivity index (χ1) is 17.5. The molecule has 1 aliphatic carbocycles. The van der Waals surface area contributed by atoms with Gasteiger partial charge in [-0.25, -0.2) is 4.79 Å². The number of H-pyrrole nitrogens is 1. The summed E-state index contributed by atoms with van der Waals surface area (Å²) < 4.78 is 18.9. The fourth-order valence-corrected chi connectivity index (χ4v) is 9.13. The van der Waals surface area contributed by atoms with Crippen molar-refractivity contribution in [2.75, 3.05) is 7.11 Å². The molecule has 0 amide bonds. The third-order valence-corrected chi connectivity index (χ3v) is 11.2. The number of hydroxylamine groups is 1. The van der Waals surface area contributed by atoms with Crippen LogP contribution < -0.4 is 5.48 Å². The van der Waals surface area contributed by atoms with E-state index in [0.717, 1.165) is 0 Å². The highest BCUT2D eigenvalue weighted by Gasteiger charge is 3.04. The van der Waals surface area contributed by atoms with Crippen LogP contribution in [-0.2, 0) is 19.0 Å². The number of aromatic nitrogens is 1. The lowest BCUT2D eigenvalue weighted by Gasteiger charge is -2.76. The molecule has 12 nitrogen and oxygen atoms in total. The number of nitrogens with one attached hydrogen (secondary N) is 2. The van der Waals surface area contributed by atoms with Crippen molar-refractivity contribution in [1.29, 1.82) is 0 Å². The first-order valence-corrected chi connectivity index (χ1v) is 13.2. The zero-order chi connectivity index (χ0) is 27.9. The number of aliphatic hydroxyl groups excluding tert-OH is 1. The van der Waals surface area contributed by atoms with Gasteiger partial charge in [0.15, 0.2) is 23.2 Å². The van der Waals surface area contributed by atoms with Gasteiger partial charge in [0, 0.05) is 12.6 Å². The van der Waals surface area contributed by atoms with Gasteiger partial charge in [0.25, 0.3) is 0 Å². The van der Waals surface area contributed by atoms with Crippen LogP contribution in [0.15, 0.2) is 18.3 Å². The van der Waals surface area contributed by atoms with Crippen LogP contribution in [-0.4, -0.2) is 89.9 Å². The van der Waals surface area contributed by atoms with Gasteiger partial charge in [-0.2, -0.15) is 5.48 Å². The Morgan fingerprint density at radius 3 is 2.47 bits per heavy atom. The molecular weight excluding hydrogens is 500 g/mol. The van der Waals surface area contributed by atoms with Crippen LogP contribution in [0.1, 0.15) is 64.4 Å². The van der Waals surface area contributed by atoms with Crippen molar-refractivity contribution in [3.63, 3.8) is 0 Å². The lowest BCUT2D eigenvalue weighted by Crippen LogP contribution is -2.96. The third-order valence-electron chi connectivity index (χ3n) is 11.2. The van der Waals surface area contributed by atoms with Crippen LogP contribution in [0.3, 0.4) is 0 Å². The van der Waals surface area contributed by atoms with Gasteiger partial charge in [0.2, 0.25) is 5.79 Å². The van der Waals surface area contributed by atoms with Gasteiger partial charge in [0.1, 0.15) is 22.3 Å². The quantitative estimate of drug-likeness (QED) is 0.196. The van der Waals surface area contributed by atoms with E-state index < -0.39 is 74.9 Å². The van der Waals surface area contributed by atoms with E-state index in [1.807, 2.05) is 0 Å². The first kappa shape index (κ1) is 26.6. The molecule has 5 heterocycles. The molecule has 12 heteroatoms. The van der Waals surface area contributed by atoms with Gasteiger partial charge in [-0.1, -0.05) is 27.7 Å². The van der Waals surface area contributed by atoms with Crippen molar-refractivity contribution in [3.8, 4) is 0 Å². The van der Waals surface area contributed by atoms with E-state index >= 15 is 0 Å². The number of ether oxygens (including phenoxy) is 3. The molecule has 1 aromatic heterocycles. The number of carbonyl (C=O) groups is 1. The molecule has 7 N–H and O–H groups in total. The Bertz CT molecular complexity index is 1180. The lowest BCUT2D eigenvalue weighted by molar-refractivity contribution is -0.534. The maximum absolute atomic E-state index is 13.4. The Kier molecular flexibility index (Phi) is 5.02. The summed E-state index contributed by atoms with van der Waals surface area (Å²) in [6.07, 6.45) is -1.50. The summed E-state index contributed by atoms with van der Waals surface area (Å²) in [6.45, 7) is 8.08. The number of fused-ring (bicyclic) bond motifs is 4. The third kappa shape index (κ3) is 2.19. The highest BCUT2D eigenvalue weighted by molar-refractivity contribution is 5.87. The average Bonchev–Trinajstić information content (AvgIpc) is 3.41. The fraction of sp³-hybridized carbons (Fsp3) is 0.808. The number of rotatable bonds is 5. The Morgan fingerprint density at radius 1 is 1.21 bits per heavy atom. The molecule has 4 saturated heterocycles. The Hall–Kier alpha value is -1.61. The molecule has 6 rings (SSSR count).